The number of rotatable bonds is 7. The highest BCUT2D eigenvalue weighted by Gasteiger charge is 2.24. The van der Waals surface area contributed by atoms with Crippen molar-refractivity contribution in [2.75, 3.05) is 26.8 Å². The van der Waals surface area contributed by atoms with Crippen LogP contribution >= 0.6 is 0 Å². The lowest BCUT2D eigenvalue weighted by Gasteiger charge is -2.32. The van der Waals surface area contributed by atoms with E-state index < -0.39 is 0 Å². The van der Waals surface area contributed by atoms with Gasteiger partial charge in [-0.25, -0.2) is 4.98 Å². The molecule has 0 radical (unpaired) electrons. The zero-order valence-corrected chi connectivity index (χ0v) is 18.0. The van der Waals surface area contributed by atoms with Gasteiger partial charge in [0, 0.05) is 43.0 Å². The molecule has 0 bridgehead atoms. The molecule has 0 aliphatic carbocycles. The molecular formula is C24H28N4O3. The van der Waals surface area contributed by atoms with E-state index in [4.69, 9.17) is 14.5 Å². The van der Waals surface area contributed by atoms with Crippen molar-refractivity contribution in [2.24, 2.45) is 0 Å². The summed E-state index contributed by atoms with van der Waals surface area (Å²) in [5.74, 6) is 2.31. The van der Waals surface area contributed by atoms with Crippen LogP contribution < -0.4 is 15.0 Å². The number of benzene rings is 1. The van der Waals surface area contributed by atoms with Gasteiger partial charge in [0.25, 0.3) is 5.56 Å². The Morgan fingerprint density at radius 3 is 2.90 bits per heavy atom. The van der Waals surface area contributed by atoms with E-state index in [1.807, 2.05) is 31.2 Å². The summed E-state index contributed by atoms with van der Waals surface area (Å²) in [6.07, 6.45) is 5.51. The lowest BCUT2D eigenvalue weighted by molar-refractivity contribution is 0.198. The molecule has 2 aromatic heterocycles. The monoisotopic (exact) mass is 420 g/mol. The fraction of sp³-hybridized carbons (Fsp3) is 0.375. The lowest BCUT2D eigenvalue weighted by atomic mass is 9.94. The molecule has 1 N–H and O–H groups in total. The summed E-state index contributed by atoms with van der Waals surface area (Å²) in [6.45, 7) is 5.26. The van der Waals surface area contributed by atoms with Crippen LogP contribution in [-0.2, 0) is 6.54 Å². The first-order valence-electron chi connectivity index (χ1n) is 10.7. The molecule has 1 aliphatic rings. The number of nitrogens with zero attached hydrogens (tertiary/aromatic N) is 3. The van der Waals surface area contributed by atoms with Gasteiger partial charge in [0.1, 0.15) is 5.82 Å². The van der Waals surface area contributed by atoms with Gasteiger partial charge in [-0.3, -0.25) is 14.7 Å². The average Bonchev–Trinajstić information content (AvgIpc) is 2.80. The molecule has 0 saturated carbocycles. The maximum absolute atomic E-state index is 12.3. The van der Waals surface area contributed by atoms with Crippen molar-refractivity contribution in [2.45, 2.75) is 32.2 Å². The molecule has 1 atom stereocenters. The largest absolute Gasteiger partial charge is 0.493 e. The van der Waals surface area contributed by atoms with Gasteiger partial charge in [-0.05, 0) is 56.1 Å². The molecule has 4 rings (SSSR count). The van der Waals surface area contributed by atoms with Gasteiger partial charge in [-0.1, -0.05) is 6.07 Å². The molecule has 162 valence electrons. The minimum absolute atomic E-state index is 0.128. The number of H-pyrrole nitrogens is 1. The summed E-state index contributed by atoms with van der Waals surface area (Å²) in [5.41, 5.74) is 2.71. The topological polar surface area (TPSA) is 80.3 Å². The van der Waals surface area contributed by atoms with Crippen molar-refractivity contribution in [1.29, 1.82) is 0 Å². The second-order valence-corrected chi connectivity index (χ2v) is 7.75. The Morgan fingerprint density at radius 1 is 1.23 bits per heavy atom. The third-order valence-electron chi connectivity index (χ3n) is 5.55. The number of nitrogens with one attached hydrogen (secondary N) is 1. The van der Waals surface area contributed by atoms with E-state index >= 15 is 0 Å². The number of hydrogen-bond donors (Lipinski definition) is 1. The smallest absolute Gasteiger partial charge is 0.251 e. The van der Waals surface area contributed by atoms with Crippen molar-refractivity contribution >= 4 is 0 Å². The number of pyridine rings is 1. The van der Waals surface area contributed by atoms with E-state index in [2.05, 4.69) is 20.9 Å². The van der Waals surface area contributed by atoms with Gasteiger partial charge in [-0.15, -0.1) is 0 Å². The van der Waals surface area contributed by atoms with Crippen LogP contribution in [0.4, 0.5) is 0 Å². The van der Waals surface area contributed by atoms with Crippen LogP contribution in [0.2, 0.25) is 0 Å². The zero-order valence-electron chi connectivity index (χ0n) is 18.0. The van der Waals surface area contributed by atoms with Gasteiger partial charge in [0.2, 0.25) is 0 Å². The average molecular weight is 421 g/mol. The Balaban J connectivity index is 1.50. The number of hydrogen-bond acceptors (Lipinski definition) is 6. The van der Waals surface area contributed by atoms with E-state index in [0.717, 1.165) is 55.2 Å². The molecular weight excluding hydrogens is 392 g/mol. The number of aromatic amines is 1. The predicted octanol–water partition coefficient (Wildman–Crippen LogP) is 3.62. The molecule has 0 spiro atoms. The second kappa shape index (κ2) is 9.75. The van der Waals surface area contributed by atoms with Crippen molar-refractivity contribution in [3.8, 4) is 22.9 Å². The second-order valence-electron chi connectivity index (χ2n) is 7.75. The number of likely N-dealkylation sites (tertiary alicyclic amines) is 1. The fourth-order valence-corrected chi connectivity index (χ4v) is 4.11. The highest BCUT2D eigenvalue weighted by atomic mass is 16.5. The minimum Gasteiger partial charge on any atom is -0.493 e. The molecule has 3 aromatic rings. The Kier molecular flexibility index (Phi) is 6.62. The highest BCUT2D eigenvalue weighted by molar-refractivity contribution is 5.52. The Labute approximate surface area is 182 Å². The summed E-state index contributed by atoms with van der Waals surface area (Å²) in [6, 6.07) is 11.5. The van der Waals surface area contributed by atoms with E-state index in [0.29, 0.717) is 12.4 Å². The first-order chi connectivity index (χ1) is 15.2. The quantitative estimate of drug-likeness (QED) is 0.629. The number of piperidine rings is 1. The number of ether oxygens (including phenoxy) is 2. The van der Waals surface area contributed by atoms with Gasteiger partial charge in [0.05, 0.1) is 19.4 Å². The summed E-state index contributed by atoms with van der Waals surface area (Å²) in [7, 11) is 1.66. The fourth-order valence-electron chi connectivity index (χ4n) is 4.11. The van der Waals surface area contributed by atoms with E-state index in [9.17, 15) is 4.79 Å². The summed E-state index contributed by atoms with van der Waals surface area (Å²) in [4.78, 5) is 26.5. The van der Waals surface area contributed by atoms with Crippen LogP contribution in [0.25, 0.3) is 11.4 Å². The first-order valence-corrected chi connectivity index (χ1v) is 10.7. The van der Waals surface area contributed by atoms with Crippen LogP contribution in [-0.4, -0.2) is 46.7 Å². The molecule has 1 aromatic carbocycles. The molecule has 1 aliphatic heterocycles. The van der Waals surface area contributed by atoms with Crippen molar-refractivity contribution < 1.29 is 9.47 Å². The molecule has 31 heavy (non-hydrogen) atoms. The predicted molar refractivity (Wildman–Crippen MR) is 120 cm³/mol. The molecule has 7 heteroatoms. The maximum atomic E-state index is 12.3. The Morgan fingerprint density at radius 2 is 2.13 bits per heavy atom. The van der Waals surface area contributed by atoms with Crippen molar-refractivity contribution in [3.05, 3.63) is 70.4 Å². The minimum atomic E-state index is -0.128. The third-order valence-corrected chi connectivity index (χ3v) is 5.55. The molecule has 0 unspecified atom stereocenters. The zero-order chi connectivity index (χ0) is 21.6. The van der Waals surface area contributed by atoms with Crippen LogP contribution in [0.3, 0.4) is 0 Å². The van der Waals surface area contributed by atoms with Crippen LogP contribution in [0, 0.1) is 0 Å². The van der Waals surface area contributed by atoms with Crippen molar-refractivity contribution in [1.82, 2.24) is 19.9 Å². The van der Waals surface area contributed by atoms with Gasteiger partial charge >= 0.3 is 0 Å². The van der Waals surface area contributed by atoms with E-state index in [1.54, 1.807) is 25.6 Å². The third kappa shape index (κ3) is 5.11. The van der Waals surface area contributed by atoms with Crippen LogP contribution in [0.15, 0.2) is 53.6 Å². The first kappa shape index (κ1) is 21.1. The van der Waals surface area contributed by atoms with E-state index in [1.165, 1.54) is 5.56 Å². The van der Waals surface area contributed by atoms with Gasteiger partial charge < -0.3 is 14.5 Å². The Hall–Kier alpha value is -3.19. The van der Waals surface area contributed by atoms with E-state index in [-0.39, 0.29) is 11.5 Å². The van der Waals surface area contributed by atoms with Gasteiger partial charge in [0.15, 0.2) is 11.5 Å². The maximum Gasteiger partial charge on any atom is 0.251 e. The standard InChI is InChI=1S/C24H28N4O3/c1-3-31-21-9-8-17(12-22(21)30-2)15-28-11-5-7-19(16-28)20-13-23(29)27-24(26-20)18-6-4-10-25-14-18/h4,6,8-10,12-14,19H,3,5,7,11,15-16H2,1-2H3,(H,26,27,29)/t19-/m0/s1. The summed E-state index contributed by atoms with van der Waals surface area (Å²) < 4.78 is 11.1. The van der Waals surface area contributed by atoms with Crippen LogP contribution in [0.1, 0.15) is 36.9 Å². The number of methoxy groups -OCH3 is 1. The Bertz CT molecular complexity index is 1070. The normalized spacial score (nSPS) is 16.8. The number of aromatic nitrogens is 3. The summed E-state index contributed by atoms with van der Waals surface area (Å²) >= 11 is 0. The molecule has 0 amide bonds. The molecule has 7 nitrogen and oxygen atoms in total. The molecule has 1 fully saturated rings. The SMILES string of the molecule is CCOc1ccc(CN2CCC[C@H](c3cc(=O)[nH]c(-c4cccnc4)n3)C2)cc1OC. The lowest BCUT2D eigenvalue weighted by Crippen LogP contribution is -2.34. The van der Waals surface area contributed by atoms with Gasteiger partial charge in [-0.2, -0.15) is 0 Å². The highest BCUT2D eigenvalue weighted by Crippen LogP contribution is 2.31. The van der Waals surface area contributed by atoms with Crippen LogP contribution in [0.5, 0.6) is 11.5 Å². The van der Waals surface area contributed by atoms with Crippen molar-refractivity contribution in [3.63, 3.8) is 0 Å². The summed E-state index contributed by atoms with van der Waals surface area (Å²) in [5, 5.41) is 0. The molecule has 1 saturated heterocycles. The molecule has 3 heterocycles.